The lowest BCUT2D eigenvalue weighted by Gasteiger charge is -2.20. The largest absolute Gasteiger partial charge is 0.311 e. The van der Waals surface area contributed by atoms with Gasteiger partial charge in [-0.15, -0.1) is 0 Å². The van der Waals surface area contributed by atoms with Crippen LogP contribution in [-0.4, -0.2) is 16.5 Å². The van der Waals surface area contributed by atoms with Crippen molar-refractivity contribution in [2.24, 2.45) is 0 Å². The lowest BCUT2D eigenvalue weighted by Crippen LogP contribution is -2.26. The third-order valence-corrected chi connectivity index (χ3v) is 3.79. The quantitative estimate of drug-likeness (QED) is 0.928. The maximum absolute atomic E-state index is 4.85. The van der Waals surface area contributed by atoms with Crippen molar-refractivity contribution in [3.63, 3.8) is 0 Å². The molecule has 0 saturated heterocycles. The van der Waals surface area contributed by atoms with Crippen LogP contribution in [0.5, 0.6) is 0 Å². The van der Waals surface area contributed by atoms with Gasteiger partial charge in [0.05, 0.1) is 5.69 Å². The second kappa shape index (κ2) is 5.71. The highest BCUT2D eigenvalue weighted by Gasteiger charge is 2.17. The van der Waals surface area contributed by atoms with E-state index in [2.05, 4.69) is 43.4 Å². The van der Waals surface area contributed by atoms with Gasteiger partial charge in [0.25, 0.3) is 0 Å². The lowest BCUT2D eigenvalue weighted by molar-refractivity contribution is 0.614. The van der Waals surface area contributed by atoms with E-state index in [1.807, 2.05) is 0 Å². The van der Waals surface area contributed by atoms with Crippen LogP contribution in [0, 0.1) is 6.92 Å². The predicted octanol–water partition coefficient (Wildman–Crippen LogP) is 3.05. The Kier molecular flexibility index (Phi) is 3.79. The van der Waals surface area contributed by atoms with Gasteiger partial charge in [-0.3, -0.25) is 0 Å². The van der Waals surface area contributed by atoms with Crippen molar-refractivity contribution in [1.29, 1.82) is 0 Å². The predicted molar refractivity (Wildman–Crippen MR) is 81.6 cm³/mol. The van der Waals surface area contributed by atoms with Gasteiger partial charge in [-0.2, -0.15) is 0 Å². The first-order chi connectivity index (χ1) is 9.78. The summed E-state index contributed by atoms with van der Waals surface area (Å²) in [4.78, 5) is 9.64. The Morgan fingerprint density at radius 2 is 2.15 bits per heavy atom. The van der Waals surface area contributed by atoms with E-state index >= 15 is 0 Å². The molecular formula is C17H21N3. The minimum Gasteiger partial charge on any atom is -0.311 e. The Morgan fingerprint density at radius 1 is 1.25 bits per heavy atom. The Morgan fingerprint density at radius 3 is 2.95 bits per heavy atom. The van der Waals surface area contributed by atoms with E-state index in [9.17, 15) is 0 Å². The molecule has 0 fully saturated rings. The molecule has 0 radical (unpaired) electrons. The second-order valence-electron chi connectivity index (χ2n) is 5.47. The Bertz CT molecular complexity index is 620. The summed E-state index contributed by atoms with van der Waals surface area (Å²) in [7, 11) is 0. The van der Waals surface area contributed by atoms with Gasteiger partial charge >= 0.3 is 0 Å². The molecule has 0 unspecified atom stereocenters. The molecule has 0 spiro atoms. The summed E-state index contributed by atoms with van der Waals surface area (Å²) in [6, 6.07) is 8.44. The number of hydrogen-bond donors (Lipinski definition) is 1. The van der Waals surface area contributed by atoms with Crippen LogP contribution in [0.25, 0.3) is 11.4 Å². The first-order valence-electron chi connectivity index (χ1n) is 7.44. The highest BCUT2D eigenvalue weighted by Crippen LogP contribution is 2.23. The van der Waals surface area contributed by atoms with E-state index < -0.39 is 0 Å². The van der Waals surface area contributed by atoms with E-state index in [1.165, 1.54) is 22.5 Å². The van der Waals surface area contributed by atoms with E-state index in [1.54, 1.807) is 0 Å². The number of rotatable bonds is 3. The number of nitrogens with zero attached hydrogens (tertiary/aromatic N) is 2. The molecule has 2 heterocycles. The third-order valence-electron chi connectivity index (χ3n) is 3.79. The summed E-state index contributed by atoms with van der Waals surface area (Å²) in [5.74, 6) is 0.875. The van der Waals surface area contributed by atoms with Crippen LogP contribution in [0.3, 0.4) is 0 Å². The average molecular weight is 267 g/mol. The van der Waals surface area contributed by atoms with Crippen LogP contribution in [0.4, 0.5) is 0 Å². The van der Waals surface area contributed by atoms with Crippen LogP contribution in [0.1, 0.15) is 35.9 Å². The molecule has 0 atom stereocenters. The van der Waals surface area contributed by atoms with Gasteiger partial charge in [0, 0.05) is 17.8 Å². The molecule has 104 valence electrons. The molecule has 0 amide bonds. The number of benzene rings is 1. The average Bonchev–Trinajstić information content (AvgIpc) is 2.47. The normalized spacial score (nSPS) is 14.1. The Balaban J connectivity index is 2.10. The summed E-state index contributed by atoms with van der Waals surface area (Å²) in [6.45, 7) is 6.22. The van der Waals surface area contributed by atoms with Crippen LogP contribution in [0.15, 0.2) is 24.3 Å². The van der Waals surface area contributed by atoms with Crippen molar-refractivity contribution >= 4 is 0 Å². The highest BCUT2D eigenvalue weighted by molar-refractivity contribution is 5.57. The van der Waals surface area contributed by atoms with Crippen LogP contribution in [-0.2, 0) is 19.4 Å². The molecule has 1 aliphatic heterocycles. The molecule has 0 aliphatic carbocycles. The van der Waals surface area contributed by atoms with Crippen molar-refractivity contribution in [2.75, 3.05) is 6.54 Å². The molecule has 1 aromatic heterocycles. The Labute approximate surface area is 120 Å². The molecule has 1 N–H and O–H groups in total. The van der Waals surface area contributed by atoms with E-state index in [-0.39, 0.29) is 0 Å². The van der Waals surface area contributed by atoms with E-state index in [0.717, 1.165) is 43.7 Å². The van der Waals surface area contributed by atoms with Crippen LogP contribution < -0.4 is 5.32 Å². The molecular weight excluding hydrogens is 246 g/mol. The smallest absolute Gasteiger partial charge is 0.159 e. The molecule has 1 aromatic carbocycles. The van der Waals surface area contributed by atoms with Gasteiger partial charge in [0.2, 0.25) is 0 Å². The first-order valence-corrected chi connectivity index (χ1v) is 7.44. The van der Waals surface area contributed by atoms with Crippen molar-refractivity contribution in [3.05, 3.63) is 46.8 Å². The molecule has 20 heavy (non-hydrogen) atoms. The van der Waals surface area contributed by atoms with Crippen molar-refractivity contribution < 1.29 is 0 Å². The molecule has 3 heteroatoms. The lowest BCUT2D eigenvalue weighted by atomic mass is 10.0. The Hall–Kier alpha value is -1.74. The van der Waals surface area contributed by atoms with E-state index in [0.29, 0.717) is 0 Å². The fourth-order valence-corrected chi connectivity index (χ4v) is 2.79. The summed E-state index contributed by atoms with van der Waals surface area (Å²) in [5.41, 5.74) is 6.18. The van der Waals surface area contributed by atoms with Gasteiger partial charge in [0.15, 0.2) is 5.82 Å². The highest BCUT2D eigenvalue weighted by atomic mass is 15.0. The maximum atomic E-state index is 4.85. The second-order valence-corrected chi connectivity index (χ2v) is 5.47. The number of nitrogens with one attached hydrogen (secondary N) is 1. The summed E-state index contributed by atoms with van der Waals surface area (Å²) < 4.78 is 0. The standard InChI is InChI=1S/C17H21N3/c1-3-5-15-14-8-9-18-11-16(14)20-17(19-15)13-7-4-6-12(2)10-13/h4,6-7,10,18H,3,5,8-9,11H2,1-2H3. The molecule has 0 bridgehead atoms. The SMILES string of the molecule is CCCc1nc(-c2cccc(C)c2)nc2c1CCNC2. The number of fused-ring (bicyclic) bond motifs is 1. The monoisotopic (exact) mass is 267 g/mol. The summed E-state index contributed by atoms with van der Waals surface area (Å²) >= 11 is 0. The van der Waals surface area contributed by atoms with Gasteiger partial charge in [-0.25, -0.2) is 9.97 Å². The first kappa shape index (κ1) is 13.3. The fourth-order valence-electron chi connectivity index (χ4n) is 2.79. The minimum absolute atomic E-state index is 0.868. The molecule has 3 rings (SSSR count). The van der Waals surface area contributed by atoms with Crippen LogP contribution >= 0.6 is 0 Å². The fraction of sp³-hybridized carbons (Fsp3) is 0.412. The minimum atomic E-state index is 0.868. The maximum Gasteiger partial charge on any atom is 0.159 e. The third kappa shape index (κ3) is 2.59. The van der Waals surface area contributed by atoms with Crippen molar-refractivity contribution in [3.8, 4) is 11.4 Å². The van der Waals surface area contributed by atoms with Crippen molar-refractivity contribution in [1.82, 2.24) is 15.3 Å². The zero-order valence-corrected chi connectivity index (χ0v) is 12.2. The number of aromatic nitrogens is 2. The van der Waals surface area contributed by atoms with Gasteiger partial charge in [-0.05, 0) is 37.9 Å². The van der Waals surface area contributed by atoms with Gasteiger partial charge < -0.3 is 5.32 Å². The molecule has 3 nitrogen and oxygen atoms in total. The summed E-state index contributed by atoms with van der Waals surface area (Å²) in [6.07, 6.45) is 3.23. The zero-order chi connectivity index (χ0) is 13.9. The summed E-state index contributed by atoms with van der Waals surface area (Å²) in [5, 5.41) is 3.41. The number of aryl methyl sites for hydroxylation is 2. The van der Waals surface area contributed by atoms with Crippen molar-refractivity contribution in [2.45, 2.75) is 39.7 Å². The molecule has 2 aromatic rings. The van der Waals surface area contributed by atoms with Gasteiger partial charge in [0.1, 0.15) is 0 Å². The van der Waals surface area contributed by atoms with Gasteiger partial charge in [-0.1, -0.05) is 37.1 Å². The number of hydrogen-bond acceptors (Lipinski definition) is 3. The van der Waals surface area contributed by atoms with Crippen LogP contribution in [0.2, 0.25) is 0 Å². The molecule has 1 aliphatic rings. The van der Waals surface area contributed by atoms with E-state index in [4.69, 9.17) is 9.97 Å². The topological polar surface area (TPSA) is 37.8 Å². The molecule has 0 saturated carbocycles. The zero-order valence-electron chi connectivity index (χ0n) is 12.2.